The van der Waals surface area contributed by atoms with Gasteiger partial charge in [0.05, 0.1) is 0 Å². The van der Waals surface area contributed by atoms with Crippen LogP contribution in [0.4, 0.5) is 5.69 Å². The van der Waals surface area contributed by atoms with Crippen molar-refractivity contribution < 1.29 is 4.42 Å². The number of hydrogen-bond donors (Lipinski definition) is 1. The fourth-order valence-corrected chi connectivity index (χ4v) is 1.24. The third kappa shape index (κ3) is 1.23. The molecule has 2 aromatic rings. The molecule has 0 spiro atoms. The normalized spacial score (nSPS) is 9.85. The van der Waals surface area contributed by atoms with Crippen LogP contribution >= 0.6 is 0 Å². The Morgan fingerprint density at radius 1 is 1.38 bits per heavy atom. The van der Waals surface area contributed by atoms with Crippen molar-refractivity contribution in [3.05, 3.63) is 30.0 Å². The second-order valence-electron chi connectivity index (χ2n) is 2.73. The van der Waals surface area contributed by atoms with Gasteiger partial charge in [-0.1, -0.05) is 0 Å². The average Bonchev–Trinajstić information content (AvgIpc) is 2.58. The molecule has 1 aromatic heterocycles. The van der Waals surface area contributed by atoms with Crippen LogP contribution in [0.1, 0.15) is 5.76 Å². The minimum absolute atomic E-state index is 0.350. The van der Waals surface area contributed by atoms with E-state index in [2.05, 4.69) is 5.32 Å². The standard InChI is InChI=1S/C10H8N2O/c1-12-8-3-2-7-4-9(6-11)13-10(7)5-8/h2-5,12H,1H3. The van der Waals surface area contributed by atoms with Gasteiger partial charge < -0.3 is 9.73 Å². The summed E-state index contributed by atoms with van der Waals surface area (Å²) in [5.41, 5.74) is 1.72. The van der Waals surface area contributed by atoms with E-state index in [1.807, 2.05) is 31.3 Å². The summed E-state index contributed by atoms with van der Waals surface area (Å²) in [5, 5.41) is 12.6. The SMILES string of the molecule is CNc1ccc2cc(C#N)oc2c1. The molecule has 1 heterocycles. The molecule has 0 bridgehead atoms. The van der Waals surface area contributed by atoms with Gasteiger partial charge >= 0.3 is 0 Å². The zero-order valence-electron chi connectivity index (χ0n) is 7.16. The number of fused-ring (bicyclic) bond motifs is 1. The highest BCUT2D eigenvalue weighted by Crippen LogP contribution is 2.22. The predicted molar refractivity (Wildman–Crippen MR) is 50.5 cm³/mol. The summed E-state index contributed by atoms with van der Waals surface area (Å²) in [6, 6.07) is 9.43. The molecule has 0 aliphatic heterocycles. The number of nitrogens with one attached hydrogen (secondary N) is 1. The molecule has 0 amide bonds. The Morgan fingerprint density at radius 2 is 2.23 bits per heavy atom. The summed E-state index contributed by atoms with van der Waals surface area (Å²) >= 11 is 0. The molecule has 3 nitrogen and oxygen atoms in total. The largest absolute Gasteiger partial charge is 0.446 e. The zero-order chi connectivity index (χ0) is 9.26. The maximum atomic E-state index is 8.61. The number of rotatable bonds is 1. The number of nitriles is 1. The molecule has 0 saturated heterocycles. The smallest absolute Gasteiger partial charge is 0.204 e. The summed E-state index contributed by atoms with van der Waals surface area (Å²) in [6.07, 6.45) is 0. The topological polar surface area (TPSA) is 49.0 Å². The van der Waals surface area contributed by atoms with E-state index in [0.29, 0.717) is 5.76 Å². The van der Waals surface area contributed by atoms with Gasteiger partial charge in [-0.2, -0.15) is 5.26 Å². The highest BCUT2D eigenvalue weighted by molar-refractivity contribution is 5.82. The van der Waals surface area contributed by atoms with Crippen molar-refractivity contribution in [1.82, 2.24) is 0 Å². The molecule has 2 rings (SSSR count). The van der Waals surface area contributed by atoms with E-state index >= 15 is 0 Å². The second kappa shape index (κ2) is 2.83. The van der Waals surface area contributed by atoms with Crippen molar-refractivity contribution in [3.63, 3.8) is 0 Å². The van der Waals surface area contributed by atoms with Crippen LogP contribution in [0.15, 0.2) is 28.7 Å². The number of benzene rings is 1. The molecule has 64 valence electrons. The van der Waals surface area contributed by atoms with Crippen LogP contribution in [0, 0.1) is 11.3 Å². The first-order valence-corrected chi connectivity index (χ1v) is 3.95. The fraction of sp³-hybridized carbons (Fsp3) is 0.100. The van der Waals surface area contributed by atoms with Gasteiger partial charge in [-0.3, -0.25) is 0 Å². The molecule has 3 heteroatoms. The molecule has 13 heavy (non-hydrogen) atoms. The van der Waals surface area contributed by atoms with Gasteiger partial charge in [0.2, 0.25) is 5.76 Å². The Morgan fingerprint density at radius 3 is 2.92 bits per heavy atom. The van der Waals surface area contributed by atoms with Crippen LogP contribution in [-0.2, 0) is 0 Å². The summed E-state index contributed by atoms with van der Waals surface area (Å²) in [7, 11) is 1.84. The van der Waals surface area contributed by atoms with E-state index in [-0.39, 0.29) is 0 Å². The van der Waals surface area contributed by atoms with Gasteiger partial charge in [0.15, 0.2) is 0 Å². The van der Waals surface area contributed by atoms with Gasteiger partial charge in [-0.05, 0) is 12.1 Å². The first kappa shape index (κ1) is 7.69. The van der Waals surface area contributed by atoms with Crippen LogP contribution in [-0.4, -0.2) is 7.05 Å². The molecule has 1 N–H and O–H groups in total. The number of furan rings is 1. The Labute approximate surface area is 75.6 Å². The maximum Gasteiger partial charge on any atom is 0.204 e. The number of nitrogens with zero attached hydrogens (tertiary/aromatic N) is 1. The Kier molecular flexibility index (Phi) is 1.67. The molecule has 0 fully saturated rings. The first-order chi connectivity index (χ1) is 6.33. The van der Waals surface area contributed by atoms with Gasteiger partial charge in [0, 0.05) is 30.3 Å². The van der Waals surface area contributed by atoms with Gasteiger partial charge in [0.25, 0.3) is 0 Å². The maximum absolute atomic E-state index is 8.61. The summed E-state index contributed by atoms with van der Waals surface area (Å²) in [5.74, 6) is 0.350. The van der Waals surface area contributed by atoms with Crippen LogP contribution in [0.5, 0.6) is 0 Å². The van der Waals surface area contributed by atoms with E-state index in [1.165, 1.54) is 0 Å². The molecular weight excluding hydrogens is 164 g/mol. The molecule has 0 atom stereocenters. The van der Waals surface area contributed by atoms with Gasteiger partial charge in [-0.25, -0.2) is 0 Å². The first-order valence-electron chi connectivity index (χ1n) is 3.95. The summed E-state index contributed by atoms with van der Waals surface area (Å²) in [4.78, 5) is 0. The lowest BCUT2D eigenvalue weighted by molar-refractivity contribution is 0.599. The van der Waals surface area contributed by atoms with Crippen molar-refractivity contribution >= 4 is 16.7 Å². The van der Waals surface area contributed by atoms with E-state index in [9.17, 15) is 0 Å². The monoisotopic (exact) mass is 172 g/mol. The Balaban J connectivity index is 2.65. The lowest BCUT2D eigenvalue weighted by Crippen LogP contribution is -1.85. The van der Waals surface area contributed by atoms with E-state index in [1.54, 1.807) is 6.07 Å². The van der Waals surface area contributed by atoms with Crippen LogP contribution in [0.25, 0.3) is 11.0 Å². The van der Waals surface area contributed by atoms with Gasteiger partial charge in [-0.15, -0.1) is 0 Å². The lowest BCUT2D eigenvalue weighted by Gasteiger charge is -1.96. The molecule has 0 saturated carbocycles. The molecule has 0 aliphatic rings. The molecular formula is C10H8N2O. The molecule has 1 aromatic carbocycles. The number of hydrogen-bond acceptors (Lipinski definition) is 3. The van der Waals surface area contributed by atoms with Crippen LogP contribution in [0.2, 0.25) is 0 Å². The Bertz CT molecular complexity index is 479. The zero-order valence-corrected chi connectivity index (χ0v) is 7.16. The van der Waals surface area contributed by atoms with Crippen molar-refractivity contribution in [2.24, 2.45) is 0 Å². The molecule has 0 aliphatic carbocycles. The second-order valence-corrected chi connectivity index (χ2v) is 2.73. The van der Waals surface area contributed by atoms with Crippen molar-refractivity contribution in [2.45, 2.75) is 0 Å². The highest BCUT2D eigenvalue weighted by atomic mass is 16.3. The van der Waals surface area contributed by atoms with E-state index in [4.69, 9.17) is 9.68 Å². The summed E-state index contributed by atoms with van der Waals surface area (Å²) in [6.45, 7) is 0. The van der Waals surface area contributed by atoms with E-state index in [0.717, 1.165) is 16.7 Å². The van der Waals surface area contributed by atoms with Crippen molar-refractivity contribution in [1.29, 1.82) is 5.26 Å². The quantitative estimate of drug-likeness (QED) is 0.718. The average molecular weight is 172 g/mol. The Hall–Kier alpha value is -1.95. The summed E-state index contributed by atoms with van der Waals surface area (Å²) < 4.78 is 5.26. The predicted octanol–water partition coefficient (Wildman–Crippen LogP) is 2.35. The number of anilines is 1. The lowest BCUT2D eigenvalue weighted by atomic mass is 10.2. The van der Waals surface area contributed by atoms with Crippen molar-refractivity contribution in [2.75, 3.05) is 12.4 Å². The fourth-order valence-electron chi connectivity index (χ4n) is 1.24. The van der Waals surface area contributed by atoms with Crippen LogP contribution < -0.4 is 5.32 Å². The van der Waals surface area contributed by atoms with E-state index < -0.39 is 0 Å². The third-order valence-electron chi connectivity index (χ3n) is 1.92. The minimum atomic E-state index is 0.350. The molecule has 0 radical (unpaired) electrons. The minimum Gasteiger partial charge on any atom is -0.446 e. The highest BCUT2D eigenvalue weighted by Gasteiger charge is 2.02. The molecule has 0 unspecified atom stereocenters. The van der Waals surface area contributed by atoms with Crippen LogP contribution in [0.3, 0.4) is 0 Å². The third-order valence-corrected chi connectivity index (χ3v) is 1.92. The van der Waals surface area contributed by atoms with Gasteiger partial charge in [0.1, 0.15) is 11.7 Å². The van der Waals surface area contributed by atoms with Crippen molar-refractivity contribution in [3.8, 4) is 6.07 Å².